The smallest absolute Gasteiger partial charge is 0.0736 e. The number of benzene rings is 10. The fourth-order valence-corrected chi connectivity index (χ4v) is 11.1. The van der Waals surface area contributed by atoms with Crippen molar-refractivity contribution in [1.29, 1.82) is 0 Å². The van der Waals surface area contributed by atoms with E-state index in [0.29, 0.717) is 0 Å². The highest BCUT2D eigenvalue weighted by atomic mass is 32.2. The molecular weight excluding hydrogens is 707 g/mol. The lowest BCUT2D eigenvalue weighted by molar-refractivity contribution is 0.707. The largest absolute Gasteiger partial charge is 0.309 e. The average molecular weight is 742 g/mol. The topological polar surface area (TPSA) is 3.24 Å². The molecule has 0 aromatic heterocycles. The average Bonchev–Trinajstić information content (AvgIpc) is 3.28. The Morgan fingerprint density at radius 1 is 0.351 bits per heavy atom. The molecule has 0 amide bonds. The Hall–Kier alpha value is -6.87. The molecular formula is C55H35NS. The predicted octanol–water partition coefficient (Wildman–Crippen LogP) is 15.1. The highest BCUT2D eigenvalue weighted by molar-refractivity contribution is 7.99. The van der Waals surface area contributed by atoms with Gasteiger partial charge in [-0.25, -0.2) is 0 Å². The molecule has 12 rings (SSSR count). The molecule has 1 nitrogen and oxygen atoms in total. The summed E-state index contributed by atoms with van der Waals surface area (Å²) in [7, 11) is 0. The Morgan fingerprint density at radius 2 is 0.930 bits per heavy atom. The molecule has 57 heavy (non-hydrogen) atoms. The standard InChI is InChI=1S/C55H35NS/c1-2-15-37(16-3-1)44-32-29-38-17-6-7-21-43(38)54(44)56(41-30-28-36-14-4-5-18-40(36)34-41)42-31-33-45-46-22-12-19-39-20-13-25-49(53(39)46)55(50(45)35-42)47-23-8-10-26-51(47)57-52-27-11-9-24-48(52)55/h1-35H. The van der Waals surface area contributed by atoms with Crippen LogP contribution in [0.5, 0.6) is 0 Å². The Bertz CT molecular complexity index is 3180. The van der Waals surface area contributed by atoms with Crippen LogP contribution < -0.4 is 4.90 Å². The summed E-state index contributed by atoms with van der Waals surface area (Å²) in [6, 6.07) is 79.1. The van der Waals surface area contributed by atoms with Crippen molar-refractivity contribution in [3.05, 3.63) is 235 Å². The van der Waals surface area contributed by atoms with Crippen molar-refractivity contribution in [1.82, 2.24) is 0 Å². The Morgan fingerprint density at radius 3 is 1.74 bits per heavy atom. The second-order valence-corrected chi connectivity index (χ2v) is 16.3. The highest BCUT2D eigenvalue weighted by Gasteiger charge is 2.48. The minimum atomic E-state index is -0.548. The van der Waals surface area contributed by atoms with Gasteiger partial charge >= 0.3 is 0 Å². The zero-order valence-corrected chi connectivity index (χ0v) is 31.9. The van der Waals surface area contributed by atoms with Gasteiger partial charge in [0.05, 0.1) is 11.1 Å². The molecule has 0 unspecified atom stereocenters. The van der Waals surface area contributed by atoms with Crippen LogP contribution in [-0.2, 0) is 5.41 Å². The van der Waals surface area contributed by atoms with Gasteiger partial charge in [-0.2, -0.15) is 0 Å². The van der Waals surface area contributed by atoms with E-state index in [1.165, 1.54) is 92.3 Å². The van der Waals surface area contributed by atoms with Crippen molar-refractivity contribution in [2.45, 2.75) is 15.2 Å². The number of hydrogen-bond donors (Lipinski definition) is 0. The van der Waals surface area contributed by atoms with Gasteiger partial charge in [0.15, 0.2) is 0 Å². The molecule has 266 valence electrons. The van der Waals surface area contributed by atoms with Crippen LogP contribution >= 0.6 is 11.8 Å². The van der Waals surface area contributed by atoms with Crippen molar-refractivity contribution in [3.8, 4) is 22.3 Å². The molecule has 1 aliphatic carbocycles. The lowest BCUT2D eigenvalue weighted by atomic mass is 9.59. The zero-order valence-electron chi connectivity index (χ0n) is 31.1. The molecule has 0 saturated heterocycles. The van der Waals surface area contributed by atoms with Crippen LogP contribution in [0.25, 0.3) is 54.6 Å². The van der Waals surface area contributed by atoms with E-state index in [1.54, 1.807) is 0 Å². The van der Waals surface area contributed by atoms with Gasteiger partial charge in [-0.3, -0.25) is 0 Å². The molecule has 1 spiro atoms. The number of fused-ring (bicyclic) bond motifs is 10. The maximum Gasteiger partial charge on any atom is 0.0736 e. The summed E-state index contributed by atoms with van der Waals surface area (Å²) in [5.41, 5.74) is 13.1. The molecule has 10 aromatic carbocycles. The first-order valence-electron chi connectivity index (χ1n) is 19.7. The van der Waals surface area contributed by atoms with E-state index in [0.717, 1.165) is 11.4 Å². The van der Waals surface area contributed by atoms with Crippen molar-refractivity contribution in [2.75, 3.05) is 4.90 Å². The Balaban J connectivity index is 1.23. The van der Waals surface area contributed by atoms with Gasteiger partial charge in [0.25, 0.3) is 0 Å². The maximum atomic E-state index is 2.53. The van der Waals surface area contributed by atoms with Crippen molar-refractivity contribution in [3.63, 3.8) is 0 Å². The SMILES string of the molecule is c1ccc(-c2ccc3ccccc3c2N(c2ccc3c(c2)C2(c4ccccc4Sc4ccccc42)c2cccc4cccc-3c24)c2ccc3ccccc3c2)cc1. The van der Waals surface area contributed by atoms with Crippen molar-refractivity contribution >= 4 is 61.1 Å². The monoisotopic (exact) mass is 741 g/mol. The first-order valence-corrected chi connectivity index (χ1v) is 20.5. The normalized spacial score (nSPS) is 13.3. The Labute approximate surface area is 336 Å². The molecule has 0 N–H and O–H groups in total. The minimum Gasteiger partial charge on any atom is -0.309 e. The number of hydrogen-bond acceptors (Lipinski definition) is 2. The van der Waals surface area contributed by atoms with Crippen LogP contribution in [0.2, 0.25) is 0 Å². The predicted molar refractivity (Wildman–Crippen MR) is 241 cm³/mol. The summed E-state index contributed by atoms with van der Waals surface area (Å²) in [5.74, 6) is 0. The summed E-state index contributed by atoms with van der Waals surface area (Å²) in [5, 5.41) is 7.46. The van der Waals surface area contributed by atoms with Gasteiger partial charge in [0, 0.05) is 32.1 Å². The first kappa shape index (κ1) is 32.4. The van der Waals surface area contributed by atoms with E-state index in [9.17, 15) is 0 Å². The first-order chi connectivity index (χ1) is 28.3. The van der Waals surface area contributed by atoms with E-state index in [2.05, 4.69) is 217 Å². The van der Waals surface area contributed by atoms with Gasteiger partial charge in [0.1, 0.15) is 0 Å². The van der Waals surface area contributed by atoms with Gasteiger partial charge in [-0.15, -0.1) is 0 Å². The molecule has 0 fully saturated rings. The molecule has 0 atom stereocenters. The summed E-state index contributed by atoms with van der Waals surface area (Å²) in [4.78, 5) is 5.13. The third kappa shape index (κ3) is 4.72. The van der Waals surface area contributed by atoms with E-state index < -0.39 is 5.41 Å². The molecule has 0 saturated carbocycles. The van der Waals surface area contributed by atoms with E-state index in [4.69, 9.17) is 0 Å². The van der Waals surface area contributed by atoms with Gasteiger partial charge in [0.2, 0.25) is 0 Å². The lowest BCUT2D eigenvalue weighted by Crippen LogP contribution is -2.36. The number of nitrogens with zero attached hydrogens (tertiary/aromatic N) is 1. The van der Waals surface area contributed by atoms with Gasteiger partial charge < -0.3 is 4.90 Å². The van der Waals surface area contributed by atoms with Crippen LogP contribution in [0.15, 0.2) is 222 Å². The van der Waals surface area contributed by atoms with Crippen LogP contribution in [0.1, 0.15) is 22.3 Å². The maximum absolute atomic E-state index is 2.53. The quantitative estimate of drug-likeness (QED) is 0.177. The third-order valence-corrected chi connectivity index (χ3v) is 13.4. The molecule has 0 radical (unpaired) electrons. The summed E-state index contributed by atoms with van der Waals surface area (Å²) >= 11 is 1.89. The zero-order chi connectivity index (χ0) is 37.5. The molecule has 1 aliphatic heterocycles. The van der Waals surface area contributed by atoms with Gasteiger partial charge in [-0.05, 0) is 102 Å². The Kier molecular flexibility index (Phi) is 7.14. The molecule has 10 aromatic rings. The summed E-state index contributed by atoms with van der Waals surface area (Å²) in [6.45, 7) is 0. The van der Waals surface area contributed by atoms with E-state index >= 15 is 0 Å². The second-order valence-electron chi connectivity index (χ2n) is 15.2. The van der Waals surface area contributed by atoms with Crippen LogP contribution in [0, 0.1) is 0 Å². The van der Waals surface area contributed by atoms with E-state index in [-0.39, 0.29) is 0 Å². The second kappa shape index (κ2) is 12.6. The van der Waals surface area contributed by atoms with Crippen LogP contribution in [-0.4, -0.2) is 0 Å². The highest BCUT2D eigenvalue weighted by Crippen LogP contribution is 2.62. The molecule has 2 heteroatoms. The lowest BCUT2D eigenvalue weighted by Gasteiger charge is -2.46. The summed E-state index contributed by atoms with van der Waals surface area (Å²) in [6.07, 6.45) is 0. The van der Waals surface area contributed by atoms with Crippen LogP contribution in [0.4, 0.5) is 17.1 Å². The fraction of sp³-hybridized carbons (Fsp3) is 0.0182. The minimum absolute atomic E-state index is 0.548. The third-order valence-electron chi connectivity index (χ3n) is 12.3. The molecule has 0 bridgehead atoms. The molecule has 2 aliphatic rings. The number of anilines is 3. The number of rotatable bonds is 4. The van der Waals surface area contributed by atoms with Crippen molar-refractivity contribution in [2.24, 2.45) is 0 Å². The van der Waals surface area contributed by atoms with E-state index in [1.807, 2.05) is 11.8 Å². The fourth-order valence-electron chi connectivity index (χ4n) is 9.88. The van der Waals surface area contributed by atoms with Crippen molar-refractivity contribution < 1.29 is 0 Å². The summed E-state index contributed by atoms with van der Waals surface area (Å²) < 4.78 is 0. The molecule has 1 heterocycles. The van der Waals surface area contributed by atoms with Gasteiger partial charge in [-0.1, -0.05) is 188 Å². The van der Waals surface area contributed by atoms with Crippen LogP contribution in [0.3, 0.4) is 0 Å².